The third kappa shape index (κ3) is 3.44. The Hall–Kier alpha value is -2.97. The molecule has 144 valence electrons. The number of aromatic nitrogens is 5. The maximum atomic E-state index is 11.1. The molecule has 0 amide bonds. The molecule has 1 unspecified atom stereocenters. The summed E-state index contributed by atoms with van der Waals surface area (Å²) in [6.45, 7) is 2.14. The van der Waals surface area contributed by atoms with Crippen LogP contribution < -0.4 is 4.74 Å². The molecular weight excluding hydrogens is 374 g/mol. The van der Waals surface area contributed by atoms with Crippen LogP contribution in [0.25, 0.3) is 16.6 Å². The number of methoxy groups -OCH3 is 1. The maximum absolute atomic E-state index is 11.1. The number of aliphatic hydroxyl groups excluding tert-OH is 1. The van der Waals surface area contributed by atoms with Crippen molar-refractivity contribution in [2.75, 3.05) is 7.11 Å². The van der Waals surface area contributed by atoms with Crippen LogP contribution in [0, 0.1) is 0 Å². The molecule has 28 heavy (non-hydrogen) atoms. The fraction of sp³-hybridized carbons (Fsp3) is 0.250. The van der Waals surface area contributed by atoms with Gasteiger partial charge in [-0.2, -0.15) is 0 Å². The zero-order valence-electron chi connectivity index (χ0n) is 15.7. The van der Waals surface area contributed by atoms with Gasteiger partial charge in [-0.3, -0.25) is 4.40 Å². The number of unbranched alkanes of at least 4 members (excludes halogenated alkanes) is 1. The zero-order valence-corrected chi connectivity index (χ0v) is 16.5. The minimum atomic E-state index is -0.906. The zero-order chi connectivity index (χ0) is 19.5. The number of imidazole rings is 1. The van der Waals surface area contributed by atoms with Crippen LogP contribution >= 0.6 is 11.3 Å². The Labute approximate surface area is 166 Å². The van der Waals surface area contributed by atoms with Crippen molar-refractivity contribution in [2.24, 2.45) is 0 Å². The van der Waals surface area contributed by atoms with E-state index < -0.39 is 6.10 Å². The van der Waals surface area contributed by atoms with E-state index in [0.29, 0.717) is 5.69 Å². The molecule has 0 saturated carbocycles. The van der Waals surface area contributed by atoms with Crippen molar-refractivity contribution in [1.29, 1.82) is 0 Å². The number of hydrogen-bond donors (Lipinski definition) is 1. The fourth-order valence-electron chi connectivity index (χ4n) is 2.97. The first-order valence-corrected chi connectivity index (χ1v) is 9.89. The van der Waals surface area contributed by atoms with Gasteiger partial charge in [0.25, 0.3) is 0 Å². The van der Waals surface area contributed by atoms with Gasteiger partial charge < -0.3 is 9.84 Å². The molecule has 0 bridgehead atoms. The number of nitrogens with zero attached hydrogens (tertiary/aromatic N) is 5. The van der Waals surface area contributed by atoms with Gasteiger partial charge in [0.1, 0.15) is 28.7 Å². The summed E-state index contributed by atoms with van der Waals surface area (Å²) in [5.41, 5.74) is 2.08. The highest BCUT2D eigenvalue weighted by molar-refractivity contribution is 7.18. The fourth-order valence-corrected chi connectivity index (χ4v) is 4.03. The summed E-state index contributed by atoms with van der Waals surface area (Å²) in [4.78, 5) is 6.17. The van der Waals surface area contributed by atoms with Crippen molar-refractivity contribution in [2.45, 2.75) is 25.9 Å². The average Bonchev–Trinajstić information content (AvgIpc) is 3.44. The van der Waals surface area contributed by atoms with Gasteiger partial charge in [-0.05, 0) is 36.8 Å². The van der Waals surface area contributed by atoms with Gasteiger partial charge in [0.15, 0.2) is 0 Å². The minimum absolute atomic E-state index is 0.481. The molecular formula is C20H21N5O2S. The lowest BCUT2D eigenvalue weighted by Gasteiger charge is -2.08. The first kappa shape index (κ1) is 18.4. The quantitative estimate of drug-likeness (QED) is 0.514. The molecule has 4 rings (SSSR count). The van der Waals surface area contributed by atoms with Crippen molar-refractivity contribution in [3.63, 3.8) is 0 Å². The van der Waals surface area contributed by atoms with E-state index in [2.05, 4.69) is 34.4 Å². The molecule has 0 spiro atoms. The molecule has 1 aromatic carbocycles. The van der Waals surface area contributed by atoms with Crippen LogP contribution in [0.5, 0.6) is 5.75 Å². The summed E-state index contributed by atoms with van der Waals surface area (Å²) in [5.74, 6) is 0.772. The van der Waals surface area contributed by atoms with E-state index in [-0.39, 0.29) is 0 Å². The standard InChI is InChI=1S/C20H21N5O2S/c1-3-4-5-6-17-19(24-13-21-11-18(24)28-17)20(26)16-12-25(23-22-16)14-7-9-15(27-2)10-8-14/h5-13,20,26H,3-4H2,1-2H3/b6-5+. The third-order valence-electron chi connectivity index (χ3n) is 4.44. The van der Waals surface area contributed by atoms with Crippen molar-refractivity contribution < 1.29 is 9.84 Å². The van der Waals surface area contributed by atoms with Crippen molar-refractivity contribution in [3.8, 4) is 11.4 Å². The molecule has 0 fully saturated rings. The molecule has 4 aromatic rings. The normalized spacial score (nSPS) is 12.8. The number of fused-ring (bicyclic) bond motifs is 1. The van der Waals surface area contributed by atoms with E-state index in [0.717, 1.165) is 39.7 Å². The number of hydrogen-bond acceptors (Lipinski definition) is 6. The topological polar surface area (TPSA) is 77.5 Å². The maximum Gasteiger partial charge on any atom is 0.141 e. The van der Waals surface area contributed by atoms with E-state index in [4.69, 9.17) is 4.74 Å². The molecule has 1 atom stereocenters. The number of rotatable bonds is 7. The summed E-state index contributed by atoms with van der Waals surface area (Å²) >= 11 is 1.60. The predicted octanol–water partition coefficient (Wildman–Crippen LogP) is 3.88. The smallest absolute Gasteiger partial charge is 0.141 e. The van der Waals surface area contributed by atoms with E-state index in [9.17, 15) is 5.11 Å². The summed E-state index contributed by atoms with van der Waals surface area (Å²) < 4.78 is 8.74. The molecule has 8 heteroatoms. The Morgan fingerprint density at radius 3 is 2.86 bits per heavy atom. The minimum Gasteiger partial charge on any atom is -0.497 e. The lowest BCUT2D eigenvalue weighted by atomic mass is 10.1. The number of thiazole rings is 1. The van der Waals surface area contributed by atoms with Crippen molar-refractivity contribution in [1.82, 2.24) is 24.4 Å². The lowest BCUT2D eigenvalue weighted by Crippen LogP contribution is -2.05. The molecule has 7 nitrogen and oxygen atoms in total. The van der Waals surface area contributed by atoms with Crippen LogP contribution in [0.15, 0.2) is 49.1 Å². The number of allylic oxidation sites excluding steroid dienone is 1. The molecule has 1 N–H and O–H groups in total. The highest BCUT2D eigenvalue weighted by atomic mass is 32.1. The van der Waals surface area contributed by atoms with E-state index in [1.54, 1.807) is 41.8 Å². The van der Waals surface area contributed by atoms with Crippen LogP contribution in [-0.2, 0) is 0 Å². The van der Waals surface area contributed by atoms with Crippen LogP contribution in [0.2, 0.25) is 0 Å². The molecule has 3 heterocycles. The Bertz CT molecular complexity index is 1090. The SMILES string of the molecule is CCC/C=C/c1sc2cncn2c1C(O)c1cn(-c2ccc(OC)cc2)nn1. The first-order valence-electron chi connectivity index (χ1n) is 9.07. The second kappa shape index (κ2) is 7.95. The second-order valence-corrected chi connectivity index (χ2v) is 7.40. The van der Waals surface area contributed by atoms with E-state index >= 15 is 0 Å². The van der Waals surface area contributed by atoms with E-state index in [1.807, 2.05) is 28.7 Å². The van der Waals surface area contributed by atoms with Gasteiger partial charge in [-0.15, -0.1) is 16.4 Å². The van der Waals surface area contributed by atoms with Crippen LogP contribution in [-0.4, -0.2) is 36.6 Å². The van der Waals surface area contributed by atoms with Gasteiger partial charge in [0.2, 0.25) is 0 Å². The number of benzene rings is 1. The van der Waals surface area contributed by atoms with Crippen LogP contribution in [0.1, 0.15) is 42.1 Å². The highest BCUT2D eigenvalue weighted by Gasteiger charge is 2.23. The van der Waals surface area contributed by atoms with Gasteiger partial charge in [-0.25, -0.2) is 9.67 Å². The molecule has 0 radical (unpaired) electrons. The number of ether oxygens (including phenoxy) is 1. The molecule has 0 aliphatic carbocycles. The van der Waals surface area contributed by atoms with Crippen LogP contribution in [0.4, 0.5) is 0 Å². The van der Waals surface area contributed by atoms with Crippen LogP contribution in [0.3, 0.4) is 0 Å². The molecule has 3 aromatic heterocycles. The Kier molecular flexibility index (Phi) is 5.23. The summed E-state index contributed by atoms with van der Waals surface area (Å²) in [5, 5.41) is 19.4. The monoisotopic (exact) mass is 395 g/mol. The van der Waals surface area contributed by atoms with Crippen molar-refractivity contribution in [3.05, 3.63) is 65.3 Å². The van der Waals surface area contributed by atoms with Gasteiger partial charge in [0, 0.05) is 0 Å². The first-order chi connectivity index (χ1) is 13.7. The van der Waals surface area contributed by atoms with Gasteiger partial charge >= 0.3 is 0 Å². The Morgan fingerprint density at radius 2 is 2.11 bits per heavy atom. The molecule has 0 aliphatic rings. The van der Waals surface area contributed by atoms with Crippen molar-refractivity contribution >= 4 is 22.2 Å². The summed E-state index contributed by atoms with van der Waals surface area (Å²) in [7, 11) is 1.63. The number of aliphatic hydroxyl groups is 1. The largest absolute Gasteiger partial charge is 0.497 e. The summed E-state index contributed by atoms with van der Waals surface area (Å²) in [6.07, 6.45) is 10.6. The Morgan fingerprint density at radius 1 is 1.29 bits per heavy atom. The lowest BCUT2D eigenvalue weighted by molar-refractivity contribution is 0.209. The highest BCUT2D eigenvalue weighted by Crippen LogP contribution is 2.32. The predicted molar refractivity (Wildman–Crippen MR) is 109 cm³/mol. The second-order valence-electron chi connectivity index (χ2n) is 6.33. The van der Waals surface area contributed by atoms with Gasteiger partial charge in [0.05, 0.1) is 35.8 Å². The summed E-state index contributed by atoms with van der Waals surface area (Å²) in [6, 6.07) is 7.50. The van der Waals surface area contributed by atoms with E-state index in [1.165, 1.54) is 0 Å². The molecule has 0 saturated heterocycles. The average molecular weight is 395 g/mol. The molecule has 0 aliphatic heterocycles. The third-order valence-corrected chi connectivity index (χ3v) is 5.52. The van der Waals surface area contributed by atoms with Gasteiger partial charge in [-0.1, -0.05) is 24.6 Å². The Balaban J connectivity index is 1.68.